The number of hydrogen-bond donors (Lipinski definition) is 1. The van der Waals surface area contributed by atoms with Crippen LogP contribution in [0.25, 0.3) is 11.1 Å². The SMILES string of the molecule is Cn1cc(-c2cc(C(=O)O)cc(C(F)(F)F)c2)cn1. The van der Waals surface area contributed by atoms with E-state index >= 15 is 0 Å². The molecule has 0 saturated carbocycles. The van der Waals surface area contributed by atoms with E-state index in [2.05, 4.69) is 5.10 Å². The number of carbonyl (C=O) groups is 1. The molecule has 0 radical (unpaired) electrons. The molecule has 0 aliphatic heterocycles. The van der Waals surface area contributed by atoms with Crippen molar-refractivity contribution in [3.8, 4) is 11.1 Å². The van der Waals surface area contributed by atoms with Gasteiger partial charge in [-0.2, -0.15) is 18.3 Å². The minimum atomic E-state index is -4.59. The molecule has 1 aromatic carbocycles. The first-order chi connectivity index (χ1) is 8.77. The maximum atomic E-state index is 12.7. The molecule has 19 heavy (non-hydrogen) atoms. The molecule has 2 aromatic rings. The highest BCUT2D eigenvalue weighted by atomic mass is 19.4. The average molecular weight is 270 g/mol. The van der Waals surface area contributed by atoms with Gasteiger partial charge in [0.1, 0.15) is 0 Å². The van der Waals surface area contributed by atoms with Crippen molar-refractivity contribution < 1.29 is 23.1 Å². The largest absolute Gasteiger partial charge is 0.478 e. The molecule has 0 atom stereocenters. The fourth-order valence-corrected chi connectivity index (χ4v) is 1.65. The van der Waals surface area contributed by atoms with Gasteiger partial charge in [0.05, 0.1) is 17.3 Å². The molecule has 0 bridgehead atoms. The number of aromatic carboxylic acids is 1. The Morgan fingerprint density at radius 1 is 1.26 bits per heavy atom. The molecular weight excluding hydrogens is 261 g/mol. The highest BCUT2D eigenvalue weighted by Gasteiger charge is 2.32. The molecule has 1 N–H and O–H groups in total. The van der Waals surface area contributed by atoms with E-state index in [-0.39, 0.29) is 5.56 Å². The summed E-state index contributed by atoms with van der Waals surface area (Å²) in [5.74, 6) is -1.41. The number of carboxylic acids is 1. The van der Waals surface area contributed by atoms with E-state index in [9.17, 15) is 18.0 Å². The second-order valence-electron chi connectivity index (χ2n) is 4.00. The normalized spacial score (nSPS) is 11.6. The van der Waals surface area contributed by atoms with Crippen LogP contribution in [0.15, 0.2) is 30.6 Å². The summed E-state index contributed by atoms with van der Waals surface area (Å²) in [6, 6.07) is 2.71. The topological polar surface area (TPSA) is 55.1 Å². The molecule has 0 aliphatic rings. The Morgan fingerprint density at radius 3 is 2.42 bits per heavy atom. The summed E-state index contributed by atoms with van der Waals surface area (Å²) in [7, 11) is 1.62. The van der Waals surface area contributed by atoms with Crippen molar-refractivity contribution in [2.45, 2.75) is 6.18 Å². The second kappa shape index (κ2) is 4.42. The predicted octanol–water partition coefficient (Wildman–Crippen LogP) is 2.80. The number of aromatic nitrogens is 2. The Hall–Kier alpha value is -2.31. The molecule has 7 heteroatoms. The van der Waals surface area contributed by atoms with Gasteiger partial charge in [-0.3, -0.25) is 4.68 Å². The van der Waals surface area contributed by atoms with Gasteiger partial charge in [-0.1, -0.05) is 0 Å². The van der Waals surface area contributed by atoms with Gasteiger partial charge in [0.2, 0.25) is 0 Å². The molecule has 4 nitrogen and oxygen atoms in total. The summed E-state index contributed by atoms with van der Waals surface area (Å²) in [5.41, 5.74) is -0.809. The maximum absolute atomic E-state index is 12.7. The third-order valence-electron chi connectivity index (χ3n) is 2.55. The van der Waals surface area contributed by atoms with E-state index in [1.165, 1.54) is 23.1 Å². The Morgan fingerprint density at radius 2 is 1.95 bits per heavy atom. The zero-order valence-corrected chi connectivity index (χ0v) is 9.77. The van der Waals surface area contributed by atoms with Crippen LogP contribution in [0, 0.1) is 0 Å². The third kappa shape index (κ3) is 2.75. The number of benzene rings is 1. The van der Waals surface area contributed by atoms with Gasteiger partial charge in [-0.25, -0.2) is 4.79 Å². The van der Waals surface area contributed by atoms with Crippen molar-refractivity contribution in [3.05, 3.63) is 41.7 Å². The Balaban J connectivity index is 2.61. The van der Waals surface area contributed by atoms with Crippen molar-refractivity contribution >= 4 is 5.97 Å². The maximum Gasteiger partial charge on any atom is 0.416 e. The van der Waals surface area contributed by atoms with Crippen LogP contribution in [0.1, 0.15) is 15.9 Å². The zero-order valence-electron chi connectivity index (χ0n) is 9.77. The number of carboxylic acid groups (broad SMARTS) is 1. The minimum absolute atomic E-state index is 0.167. The standard InChI is InChI=1S/C12H9F3N2O2/c1-17-6-9(5-16-17)7-2-8(11(18)19)4-10(3-7)12(13,14)15/h2-6H,1H3,(H,18,19). The van der Waals surface area contributed by atoms with Crippen LogP contribution in [0.4, 0.5) is 13.2 Å². The number of hydrogen-bond acceptors (Lipinski definition) is 2. The van der Waals surface area contributed by atoms with Gasteiger partial charge >= 0.3 is 12.1 Å². The molecular formula is C12H9F3N2O2. The first kappa shape index (κ1) is 13.1. The van der Waals surface area contributed by atoms with Crippen LogP contribution in [-0.2, 0) is 13.2 Å². The summed E-state index contributed by atoms with van der Waals surface area (Å²) >= 11 is 0. The monoisotopic (exact) mass is 270 g/mol. The van der Waals surface area contributed by atoms with Crippen molar-refractivity contribution in [2.75, 3.05) is 0 Å². The van der Waals surface area contributed by atoms with E-state index < -0.39 is 23.3 Å². The van der Waals surface area contributed by atoms with E-state index in [0.717, 1.165) is 6.07 Å². The highest BCUT2D eigenvalue weighted by Crippen LogP contribution is 2.33. The molecule has 0 fully saturated rings. The number of halogens is 3. The second-order valence-corrected chi connectivity index (χ2v) is 4.00. The Kier molecular flexibility index (Phi) is 3.05. The highest BCUT2D eigenvalue weighted by molar-refractivity contribution is 5.89. The van der Waals surface area contributed by atoms with Crippen LogP contribution in [0.2, 0.25) is 0 Å². The fraction of sp³-hybridized carbons (Fsp3) is 0.167. The smallest absolute Gasteiger partial charge is 0.416 e. The fourth-order valence-electron chi connectivity index (χ4n) is 1.65. The summed E-state index contributed by atoms with van der Waals surface area (Å²) in [5, 5.41) is 12.7. The number of alkyl halides is 3. The zero-order chi connectivity index (χ0) is 14.2. The molecule has 0 saturated heterocycles. The van der Waals surface area contributed by atoms with Crippen LogP contribution < -0.4 is 0 Å². The molecule has 1 heterocycles. The summed E-state index contributed by atoms with van der Waals surface area (Å²) < 4.78 is 39.6. The van der Waals surface area contributed by atoms with Crippen LogP contribution in [-0.4, -0.2) is 20.9 Å². The van der Waals surface area contributed by atoms with Gasteiger partial charge in [-0.05, 0) is 23.8 Å². The van der Waals surface area contributed by atoms with Gasteiger partial charge < -0.3 is 5.11 Å². The van der Waals surface area contributed by atoms with Gasteiger partial charge in [0, 0.05) is 18.8 Å². The number of rotatable bonds is 2. The van der Waals surface area contributed by atoms with Gasteiger partial charge in [0.25, 0.3) is 0 Å². The lowest BCUT2D eigenvalue weighted by Gasteiger charge is -2.09. The molecule has 0 amide bonds. The van der Waals surface area contributed by atoms with Crippen molar-refractivity contribution in [1.29, 1.82) is 0 Å². The Bertz CT molecular complexity index is 632. The summed E-state index contributed by atoms with van der Waals surface area (Å²) in [6.07, 6.45) is -1.70. The average Bonchev–Trinajstić information content (AvgIpc) is 2.74. The minimum Gasteiger partial charge on any atom is -0.478 e. The molecule has 2 rings (SSSR count). The van der Waals surface area contributed by atoms with E-state index in [4.69, 9.17) is 5.11 Å². The van der Waals surface area contributed by atoms with Crippen molar-refractivity contribution in [1.82, 2.24) is 9.78 Å². The summed E-state index contributed by atoms with van der Waals surface area (Å²) in [6.45, 7) is 0. The van der Waals surface area contributed by atoms with Crippen molar-refractivity contribution in [2.24, 2.45) is 7.05 Å². The lowest BCUT2D eigenvalue weighted by Crippen LogP contribution is -2.08. The van der Waals surface area contributed by atoms with Crippen LogP contribution >= 0.6 is 0 Å². The van der Waals surface area contributed by atoms with Gasteiger partial charge in [-0.15, -0.1) is 0 Å². The number of nitrogens with zero attached hydrogens (tertiary/aromatic N) is 2. The first-order valence-corrected chi connectivity index (χ1v) is 5.22. The third-order valence-corrected chi connectivity index (χ3v) is 2.55. The summed E-state index contributed by atoms with van der Waals surface area (Å²) in [4.78, 5) is 10.9. The lowest BCUT2D eigenvalue weighted by molar-refractivity contribution is -0.137. The van der Waals surface area contributed by atoms with Crippen molar-refractivity contribution in [3.63, 3.8) is 0 Å². The van der Waals surface area contributed by atoms with Gasteiger partial charge in [0.15, 0.2) is 0 Å². The van der Waals surface area contributed by atoms with E-state index in [0.29, 0.717) is 11.6 Å². The lowest BCUT2D eigenvalue weighted by atomic mass is 10.0. The predicted molar refractivity (Wildman–Crippen MR) is 60.6 cm³/mol. The molecule has 1 aromatic heterocycles. The molecule has 0 spiro atoms. The van der Waals surface area contributed by atoms with Crippen LogP contribution in [0.5, 0.6) is 0 Å². The Labute approximate surface area is 106 Å². The first-order valence-electron chi connectivity index (χ1n) is 5.22. The number of aryl methyl sites for hydroxylation is 1. The molecule has 0 unspecified atom stereocenters. The molecule has 0 aliphatic carbocycles. The molecule has 100 valence electrons. The van der Waals surface area contributed by atoms with E-state index in [1.54, 1.807) is 7.05 Å². The van der Waals surface area contributed by atoms with Crippen LogP contribution in [0.3, 0.4) is 0 Å². The quantitative estimate of drug-likeness (QED) is 0.912. The van der Waals surface area contributed by atoms with E-state index in [1.807, 2.05) is 0 Å².